The molecule has 1 amide bonds. The van der Waals surface area contributed by atoms with Crippen molar-refractivity contribution < 1.29 is 9.53 Å². The van der Waals surface area contributed by atoms with Gasteiger partial charge in [0.05, 0.1) is 7.11 Å². The number of allylic oxidation sites excluding steroid dienone is 1. The van der Waals surface area contributed by atoms with Crippen molar-refractivity contribution in [1.29, 1.82) is 0 Å². The predicted molar refractivity (Wildman–Crippen MR) is 67.4 cm³/mol. The number of carbonyl (C=O) groups is 1. The third kappa shape index (κ3) is 2.87. The molecule has 90 valence electrons. The SMILES string of the molecule is C=CCc1cc(C(=O)NC2CC2)ccc1OC. The molecule has 0 aromatic heterocycles. The van der Waals surface area contributed by atoms with E-state index in [9.17, 15) is 4.79 Å². The second-order valence-electron chi connectivity index (χ2n) is 4.27. The van der Waals surface area contributed by atoms with Crippen LogP contribution in [0.3, 0.4) is 0 Å². The molecule has 1 aromatic carbocycles. The largest absolute Gasteiger partial charge is 0.496 e. The van der Waals surface area contributed by atoms with Gasteiger partial charge in [-0.05, 0) is 43.0 Å². The fraction of sp³-hybridized carbons (Fsp3) is 0.357. The highest BCUT2D eigenvalue weighted by atomic mass is 16.5. The predicted octanol–water partition coefficient (Wildman–Crippen LogP) is 2.32. The van der Waals surface area contributed by atoms with Crippen LogP contribution in [0.2, 0.25) is 0 Å². The molecule has 0 unspecified atom stereocenters. The third-order valence-electron chi connectivity index (χ3n) is 2.82. The van der Waals surface area contributed by atoms with Crippen LogP contribution >= 0.6 is 0 Å². The van der Waals surface area contributed by atoms with E-state index in [0.29, 0.717) is 18.0 Å². The molecule has 1 aliphatic carbocycles. The zero-order chi connectivity index (χ0) is 12.3. The lowest BCUT2D eigenvalue weighted by Gasteiger charge is -2.09. The summed E-state index contributed by atoms with van der Waals surface area (Å²) in [6.07, 6.45) is 4.71. The van der Waals surface area contributed by atoms with Crippen LogP contribution in [0.25, 0.3) is 0 Å². The summed E-state index contributed by atoms with van der Waals surface area (Å²) in [6.45, 7) is 3.71. The molecule has 3 heteroatoms. The lowest BCUT2D eigenvalue weighted by atomic mass is 10.1. The molecule has 0 spiro atoms. The Morgan fingerprint density at radius 1 is 1.59 bits per heavy atom. The van der Waals surface area contributed by atoms with Gasteiger partial charge in [-0.1, -0.05) is 6.08 Å². The molecular formula is C14H17NO2. The first-order valence-electron chi connectivity index (χ1n) is 5.83. The van der Waals surface area contributed by atoms with Gasteiger partial charge in [0.1, 0.15) is 5.75 Å². The van der Waals surface area contributed by atoms with Crippen molar-refractivity contribution in [3.05, 3.63) is 42.0 Å². The number of amides is 1. The number of hydrogen-bond acceptors (Lipinski definition) is 2. The number of methoxy groups -OCH3 is 1. The molecule has 0 bridgehead atoms. The van der Waals surface area contributed by atoms with Gasteiger partial charge in [-0.15, -0.1) is 6.58 Å². The molecule has 1 saturated carbocycles. The first-order chi connectivity index (χ1) is 8.24. The van der Waals surface area contributed by atoms with Crippen molar-refractivity contribution in [3.8, 4) is 5.75 Å². The van der Waals surface area contributed by atoms with E-state index in [1.807, 2.05) is 12.1 Å². The summed E-state index contributed by atoms with van der Waals surface area (Å²) in [4.78, 5) is 11.9. The molecule has 2 rings (SSSR count). The van der Waals surface area contributed by atoms with E-state index in [1.165, 1.54) is 0 Å². The summed E-state index contributed by atoms with van der Waals surface area (Å²) in [7, 11) is 1.63. The second kappa shape index (κ2) is 5.04. The van der Waals surface area contributed by atoms with Crippen LogP contribution in [0.5, 0.6) is 5.75 Å². The molecule has 1 fully saturated rings. The smallest absolute Gasteiger partial charge is 0.251 e. The molecule has 0 saturated heterocycles. The highest BCUT2D eigenvalue weighted by molar-refractivity contribution is 5.95. The Bertz CT molecular complexity index is 436. The van der Waals surface area contributed by atoms with Gasteiger partial charge in [-0.2, -0.15) is 0 Å². The maximum Gasteiger partial charge on any atom is 0.251 e. The Morgan fingerprint density at radius 2 is 2.35 bits per heavy atom. The Kier molecular flexibility index (Phi) is 3.47. The van der Waals surface area contributed by atoms with Crippen LogP contribution in [-0.2, 0) is 6.42 Å². The van der Waals surface area contributed by atoms with Gasteiger partial charge in [0.15, 0.2) is 0 Å². The average Bonchev–Trinajstić information content (AvgIpc) is 3.13. The maximum atomic E-state index is 11.9. The first-order valence-corrected chi connectivity index (χ1v) is 5.83. The van der Waals surface area contributed by atoms with Crippen molar-refractivity contribution in [2.45, 2.75) is 25.3 Å². The zero-order valence-electron chi connectivity index (χ0n) is 10.0. The summed E-state index contributed by atoms with van der Waals surface area (Å²) in [5.41, 5.74) is 1.68. The number of rotatable bonds is 5. The van der Waals surface area contributed by atoms with Gasteiger partial charge in [0.25, 0.3) is 5.91 Å². The number of hydrogen-bond donors (Lipinski definition) is 1. The number of ether oxygens (including phenoxy) is 1. The molecule has 0 heterocycles. The van der Waals surface area contributed by atoms with Gasteiger partial charge in [-0.3, -0.25) is 4.79 Å². The maximum absolute atomic E-state index is 11.9. The first kappa shape index (κ1) is 11.7. The molecule has 1 N–H and O–H groups in total. The molecule has 0 radical (unpaired) electrons. The molecule has 1 aliphatic rings. The normalized spacial score (nSPS) is 14.2. The van der Waals surface area contributed by atoms with E-state index >= 15 is 0 Å². The summed E-state index contributed by atoms with van der Waals surface area (Å²) in [5.74, 6) is 0.799. The Morgan fingerprint density at radius 3 is 2.94 bits per heavy atom. The Labute approximate surface area is 101 Å². The minimum atomic E-state index is 0.000431. The van der Waals surface area contributed by atoms with E-state index in [1.54, 1.807) is 19.3 Å². The van der Waals surface area contributed by atoms with Crippen LogP contribution in [0.4, 0.5) is 0 Å². The van der Waals surface area contributed by atoms with Crippen LogP contribution in [0, 0.1) is 0 Å². The summed E-state index contributed by atoms with van der Waals surface area (Å²) in [5, 5.41) is 2.97. The third-order valence-corrected chi connectivity index (χ3v) is 2.82. The minimum Gasteiger partial charge on any atom is -0.496 e. The van der Waals surface area contributed by atoms with Gasteiger partial charge in [-0.25, -0.2) is 0 Å². The van der Waals surface area contributed by atoms with Gasteiger partial charge in [0.2, 0.25) is 0 Å². The van der Waals surface area contributed by atoms with Crippen molar-refractivity contribution >= 4 is 5.91 Å². The van der Waals surface area contributed by atoms with Crippen LogP contribution < -0.4 is 10.1 Å². The average molecular weight is 231 g/mol. The zero-order valence-corrected chi connectivity index (χ0v) is 10.0. The standard InChI is InChI=1S/C14H17NO2/c1-3-4-10-9-11(5-8-13(10)17-2)14(16)15-12-6-7-12/h3,5,8-9,12H,1,4,6-7H2,2H3,(H,15,16). The van der Waals surface area contributed by atoms with Crippen molar-refractivity contribution in [2.24, 2.45) is 0 Å². The van der Waals surface area contributed by atoms with E-state index in [2.05, 4.69) is 11.9 Å². The van der Waals surface area contributed by atoms with Gasteiger partial charge in [0, 0.05) is 11.6 Å². The van der Waals surface area contributed by atoms with Gasteiger partial charge >= 0.3 is 0 Å². The molecule has 1 aromatic rings. The highest BCUT2D eigenvalue weighted by Crippen LogP contribution is 2.23. The summed E-state index contributed by atoms with van der Waals surface area (Å²) >= 11 is 0. The van der Waals surface area contributed by atoms with Crippen molar-refractivity contribution in [2.75, 3.05) is 7.11 Å². The molecule has 0 aliphatic heterocycles. The van der Waals surface area contributed by atoms with Crippen LogP contribution in [0.15, 0.2) is 30.9 Å². The topological polar surface area (TPSA) is 38.3 Å². The van der Waals surface area contributed by atoms with Crippen LogP contribution in [0.1, 0.15) is 28.8 Å². The Hall–Kier alpha value is -1.77. The second-order valence-corrected chi connectivity index (χ2v) is 4.27. The summed E-state index contributed by atoms with van der Waals surface area (Å²) in [6, 6.07) is 5.88. The quantitative estimate of drug-likeness (QED) is 0.790. The monoisotopic (exact) mass is 231 g/mol. The number of carbonyl (C=O) groups excluding carboxylic acids is 1. The van der Waals surface area contributed by atoms with Crippen molar-refractivity contribution in [3.63, 3.8) is 0 Å². The number of benzene rings is 1. The fourth-order valence-electron chi connectivity index (χ4n) is 1.73. The molecule has 3 nitrogen and oxygen atoms in total. The van der Waals surface area contributed by atoms with E-state index in [0.717, 1.165) is 24.2 Å². The Balaban J connectivity index is 2.18. The highest BCUT2D eigenvalue weighted by Gasteiger charge is 2.23. The number of nitrogens with one attached hydrogen (secondary N) is 1. The van der Waals surface area contributed by atoms with E-state index < -0.39 is 0 Å². The lowest BCUT2D eigenvalue weighted by Crippen LogP contribution is -2.25. The van der Waals surface area contributed by atoms with Gasteiger partial charge < -0.3 is 10.1 Å². The van der Waals surface area contributed by atoms with E-state index in [-0.39, 0.29) is 5.91 Å². The lowest BCUT2D eigenvalue weighted by molar-refractivity contribution is 0.0951. The van der Waals surface area contributed by atoms with Crippen LogP contribution in [-0.4, -0.2) is 19.1 Å². The summed E-state index contributed by atoms with van der Waals surface area (Å²) < 4.78 is 5.25. The van der Waals surface area contributed by atoms with E-state index in [4.69, 9.17) is 4.74 Å². The molecular weight excluding hydrogens is 214 g/mol. The molecule has 0 atom stereocenters. The van der Waals surface area contributed by atoms with Crippen molar-refractivity contribution in [1.82, 2.24) is 5.32 Å². The minimum absolute atomic E-state index is 0.000431. The fourth-order valence-corrected chi connectivity index (χ4v) is 1.73. The molecule has 17 heavy (non-hydrogen) atoms.